The third-order valence-electron chi connectivity index (χ3n) is 2.65. The minimum absolute atomic E-state index is 0.247. The van der Waals surface area contributed by atoms with Crippen LogP contribution in [0.1, 0.15) is 20.5 Å². The zero-order valence-corrected chi connectivity index (χ0v) is 10.9. The number of imide groups is 1. The van der Waals surface area contributed by atoms with Crippen LogP contribution in [0.3, 0.4) is 0 Å². The van der Waals surface area contributed by atoms with Gasteiger partial charge in [-0.2, -0.15) is 0 Å². The van der Waals surface area contributed by atoms with Crippen LogP contribution in [0.2, 0.25) is 0 Å². The third kappa shape index (κ3) is 1.95. The molecule has 1 aliphatic rings. The van der Waals surface area contributed by atoms with Crippen molar-refractivity contribution in [3.05, 3.63) is 52.2 Å². The van der Waals surface area contributed by atoms with E-state index in [1.165, 1.54) is 23.1 Å². The van der Waals surface area contributed by atoms with Gasteiger partial charge in [-0.15, -0.1) is 23.1 Å². The van der Waals surface area contributed by atoms with E-state index in [-0.39, 0.29) is 17.1 Å². The molecular weight excluding hydrogens is 266 g/mol. The Morgan fingerprint density at radius 3 is 2.67 bits per heavy atom. The van der Waals surface area contributed by atoms with Crippen molar-refractivity contribution in [1.29, 1.82) is 0 Å². The van der Waals surface area contributed by atoms with Crippen molar-refractivity contribution in [2.75, 3.05) is 0 Å². The number of rotatable bonds is 1. The van der Waals surface area contributed by atoms with E-state index in [9.17, 15) is 9.59 Å². The Bertz CT molecular complexity index is 607. The molecule has 2 heterocycles. The molecule has 0 aliphatic carbocycles. The van der Waals surface area contributed by atoms with E-state index in [1.807, 2.05) is 29.6 Å². The summed E-state index contributed by atoms with van der Waals surface area (Å²) in [7, 11) is 0. The molecule has 1 N–H and O–H groups in total. The highest BCUT2D eigenvalue weighted by Crippen LogP contribution is 2.40. The minimum atomic E-state index is -0.349. The molecule has 0 bridgehead atoms. The number of thiophene rings is 1. The lowest BCUT2D eigenvalue weighted by atomic mass is 10.2. The average molecular weight is 275 g/mol. The Hall–Kier alpha value is -1.59. The second-order valence-electron chi connectivity index (χ2n) is 3.83. The SMILES string of the molecule is O=C1NC(=O)C(c2cccs2)Sc2ccccc21. The maximum absolute atomic E-state index is 12.0. The molecule has 2 aromatic rings. The number of thioether (sulfide) groups is 1. The molecule has 0 fully saturated rings. The lowest BCUT2D eigenvalue weighted by Crippen LogP contribution is -2.31. The van der Waals surface area contributed by atoms with Gasteiger partial charge in [0, 0.05) is 9.77 Å². The highest BCUT2D eigenvalue weighted by molar-refractivity contribution is 8.00. The smallest absolute Gasteiger partial charge is 0.259 e. The molecule has 1 aromatic carbocycles. The zero-order chi connectivity index (χ0) is 12.5. The van der Waals surface area contributed by atoms with Gasteiger partial charge in [-0.1, -0.05) is 18.2 Å². The number of carbonyl (C=O) groups is 2. The standard InChI is InChI=1S/C13H9NO2S2/c15-12-8-4-1-2-5-9(8)18-11(13(16)14-12)10-6-3-7-17-10/h1-7,11H,(H,14,15,16). The number of benzene rings is 1. The molecule has 0 spiro atoms. The summed E-state index contributed by atoms with van der Waals surface area (Å²) in [4.78, 5) is 25.7. The maximum Gasteiger partial charge on any atom is 0.259 e. The number of hydrogen-bond donors (Lipinski definition) is 1. The lowest BCUT2D eigenvalue weighted by Gasteiger charge is -2.10. The predicted molar refractivity (Wildman–Crippen MR) is 71.8 cm³/mol. The Morgan fingerprint density at radius 2 is 1.89 bits per heavy atom. The molecule has 18 heavy (non-hydrogen) atoms. The quantitative estimate of drug-likeness (QED) is 0.814. The monoisotopic (exact) mass is 275 g/mol. The van der Waals surface area contributed by atoms with Crippen molar-refractivity contribution in [3.63, 3.8) is 0 Å². The molecule has 2 amide bonds. The Balaban J connectivity index is 2.05. The van der Waals surface area contributed by atoms with E-state index in [0.29, 0.717) is 5.56 Å². The van der Waals surface area contributed by atoms with Crippen LogP contribution in [0.4, 0.5) is 0 Å². The number of nitrogens with one attached hydrogen (secondary N) is 1. The lowest BCUT2D eigenvalue weighted by molar-refractivity contribution is -0.119. The maximum atomic E-state index is 12.0. The van der Waals surface area contributed by atoms with E-state index in [0.717, 1.165) is 9.77 Å². The van der Waals surface area contributed by atoms with Crippen molar-refractivity contribution in [2.24, 2.45) is 0 Å². The molecule has 90 valence electrons. The second kappa shape index (κ2) is 4.59. The molecule has 3 nitrogen and oxygen atoms in total. The molecule has 5 heteroatoms. The number of carbonyl (C=O) groups excluding carboxylic acids is 2. The van der Waals surface area contributed by atoms with Gasteiger partial charge in [0.25, 0.3) is 5.91 Å². The Labute approximate surface area is 112 Å². The topological polar surface area (TPSA) is 46.2 Å². The fourth-order valence-corrected chi connectivity index (χ4v) is 3.88. The molecular formula is C13H9NO2S2. The van der Waals surface area contributed by atoms with Gasteiger partial charge >= 0.3 is 0 Å². The van der Waals surface area contributed by atoms with Crippen LogP contribution in [0.25, 0.3) is 0 Å². The van der Waals surface area contributed by atoms with Crippen molar-refractivity contribution >= 4 is 34.9 Å². The summed E-state index contributed by atoms with van der Waals surface area (Å²) in [5.74, 6) is -0.564. The number of hydrogen-bond acceptors (Lipinski definition) is 4. The molecule has 3 rings (SSSR count). The van der Waals surface area contributed by atoms with Gasteiger partial charge in [0.05, 0.1) is 5.56 Å². The fraction of sp³-hybridized carbons (Fsp3) is 0.0769. The van der Waals surface area contributed by atoms with Crippen molar-refractivity contribution in [3.8, 4) is 0 Å². The van der Waals surface area contributed by atoms with Crippen molar-refractivity contribution in [2.45, 2.75) is 10.1 Å². The summed E-state index contributed by atoms with van der Waals surface area (Å²) >= 11 is 2.95. The molecule has 1 aromatic heterocycles. The van der Waals surface area contributed by atoms with E-state index < -0.39 is 0 Å². The fourth-order valence-electron chi connectivity index (χ4n) is 1.81. The summed E-state index contributed by atoms with van der Waals surface area (Å²) in [6.45, 7) is 0. The molecule has 1 atom stereocenters. The van der Waals surface area contributed by atoms with Crippen molar-refractivity contribution < 1.29 is 9.59 Å². The van der Waals surface area contributed by atoms with Gasteiger partial charge in [-0.05, 0) is 23.6 Å². The van der Waals surface area contributed by atoms with Crippen LogP contribution in [0.15, 0.2) is 46.7 Å². The van der Waals surface area contributed by atoms with Gasteiger partial charge in [0.2, 0.25) is 5.91 Å². The Kier molecular flexibility index (Phi) is 2.93. The molecule has 0 saturated heterocycles. The molecule has 0 radical (unpaired) electrons. The van der Waals surface area contributed by atoms with Crippen LogP contribution in [0.5, 0.6) is 0 Å². The van der Waals surface area contributed by atoms with Gasteiger partial charge in [0.1, 0.15) is 5.25 Å². The molecule has 0 saturated carbocycles. The average Bonchev–Trinajstić information content (AvgIpc) is 2.85. The highest BCUT2D eigenvalue weighted by atomic mass is 32.2. The summed E-state index contributed by atoms with van der Waals surface area (Å²) in [5, 5.41) is 4.03. The van der Waals surface area contributed by atoms with E-state index in [1.54, 1.807) is 12.1 Å². The second-order valence-corrected chi connectivity index (χ2v) is 5.95. The van der Waals surface area contributed by atoms with Gasteiger partial charge in [-0.3, -0.25) is 14.9 Å². The molecule has 1 aliphatic heterocycles. The van der Waals surface area contributed by atoms with Crippen LogP contribution in [-0.4, -0.2) is 11.8 Å². The third-order valence-corrected chi connectivity index (χ3v) is 5.05. The number of amides is 2. The summed E-state index contributed by atoms with van der Waals surface area (Å²) < 4.78 is 0. The van der Waals surface area contributed by atoms with Gasteiger partial charge in [0.15, 0.2) is 0 Å². The zero-order valence-electron chi connectivity index (χ0n) is 9.25. The summed E-state index contributed by atoms with van der Waals surface area (Å²) in [6, 6.07) is 11.1. The largest absolute Gasteiger partial charge is 0.291 e. The van der Waals surface area contributed by atoms with Gasteiger partial charge in [-0.25, -0.2) is 0 Å². The normalized spacial score (nSPS) is 19.0. The minimum Gasteiger partial charge on any atom is -0.291 e. The first-order chi connectivity index (χ1) is 8.75. The first kappa shape index (κ1) is 11.5. The van der Waals surface area contributed by atoms with E-state index in [2.05, 4.69) is 5.32 Å². The summed E-state index contributed by atoms with van der Waals surface area (Å²) in [6.07, 6.45) is 0. The number of fused-ring (bicyclic) bond motifs is 1. The van der Waals surface area contributed by atoms with Crippen LogP contribution < -0.4 is 5.32 Å². The van der Waals surface area contributed by atoms with Crippen LogP contribution in [0, 0.1) is 0 Å². The van der Waals surface area contributed by atoms with Crippen LogP contribution >= 0.6 is 23.1 Å². The Morgan fingerprint density at radius 1 is 1.06 bits per heavy atom. The predicted octanol–water partition coefficient (Wildman–Crippen LogP) is 2.85. The van der Waals surface area contributed by atoms with Crippen molar-refractivity contribution in [1.82, 2.24) is 5.32 Å². The van der Waals surface area contributed by atoms with E-state index in [4.69, 9.17) is 0 Å². The highest BCUT2D eigenvalue weighted by Gasteiger charge is 2.30. The van der Waals surface area contributed by atoms with Crippen LogP contribution in [-0.2, 0) is 4.79 Å². The summed E-state index contributed by atoms with van der Waals surface area (Å²) in [5.41, 5.74) is 0.565. The molecule has 1 unspecified atom stereocenters. The first-order valence-corrected chi connectivity index (χ1v) is 7.16. The first-order valence-electron chi connectivity index (χ1n) is 5.40. The van der Waals surface area contributed by atoms with Gasteiger partial charge < -0.3 is 0 Å². The van der Waals surface area contributed by atoms with E-state index >= 15 is 0 Å².